The zero-order chi connectivity index (χ0) is 20.7. The number of carboxylic acid groups (broad SMARTS) is 1. The third-order valence-electron chi connectivity index (χ3n) is 5.37. The highest BCUT2D eigenvalue weighted by atomic mass is 16.5. The molecule has 1 amide bonds. The average molecular weight is 399 g/mol. The Balaban J connectivity index is 1.33. The SMILES string of the molecule is O=C(Nc1n[nH]c2cc(C(=O)O)ccc12)OCC1c2ccccc2-c2ccccc21. The number of H-pyrrole nitrogens is 1. The van der Waals surface area contributed by atoms with E-state index in [1.54, 1.807) is 6.07 Å². The molecule has 0 unspecified atom stereocenters. The molecule has 4 aromatic rings. The Kier molecular flexibility index (Phi) is 4.21. The molecule has 0 bridgehead atoms. The number of nitrogens with zero attached hydrogens (tertiary/aromatic N) is 1. The lowest BCUT2D eigenvalue weighted by Gasteiger charge is -2.14. The maximum Gasteiger partial charge on any atom is 0.412 e. The summed E-state index contributed by atoms with van der Waals surface area (Å²) in [4.78, 5) is 23.5. The van der Waals surface area contributed by atoms with E-state index in [1.807, 2.05) is 24.3 Å². The van der Waals surface area contributed by atoms with Gasteiger partial charge in [0, 0.05) is 11.3 Å². The second kappa shape index (κ2) is 7.04. The van der Waals surface area contributed by atoms with Crippen molar-refractivity contribution in [2.75, 3.05) is 11.9 Å². The van der Waals surface area contributed by atoms with Crippen LogP contribution in [-0.2, 0) is 4.74 Å². The number of carbonyl (C=O) groups is 2. The van der Waals surface area contributed by atoms with Crippen LogP contribution in [0.5, 0.6) is 0 Å². The molecule has 5 rings (SSSR count). The Morgan fingerprint density at radius 1 is 1.00 bits per heavy atom. The molecule has 0 saturated carbocycles. The van der Waals surface area contributed by atoms with Gasteiger partial charge in [0.1, 0.15) is 6.61 Å². The number of carbonyl (C=O) groups excluding carboxylic acids is 1. The van der Waals surface area contributed by atoms with E-state index in [9.17, 15) is 9.59 Å². The standard InChI is InChI=1S/C23H17N3O4/c27-22(28)13-9-10-18-20(11-13)25-26-21(18)24-23(29)30-12-19-16-7-3-1-5-14(16)15-6-2-4-8-17(15)19/h1-11,19H,12H2,(H,27,28)(H2,24,25,26,29). The largest absolute Gasteiger partial charge is 0.478 e. The number of aromatic nitrogens is 2. The molecule has 3 aromatic carbocycles. The topological polar surface area (TPSA) is 104 Å². The molecule has 7 nitrogen and oxygen atoms in total. The minimum Gasteiger partial charge on any atom is -0.478 e. The first-order valence-electron chi connectivity index (χ1n) is 9.45. The normalized spacial score (nSPS) is 12.4. The van der Waals surface area contributed by atoms with Gasteiger partial charge in [0.2, 0.25) is 0 Å². The van der Waals surface area contributed by atoms with Crippen LogP contribution in [0.4, 0.5) is 10.6 Å². The van der Waals surface area contributed by atoms with Gasteiger partial charge in [-0.15, -0.1) is 0 Å². The van der Waals surface area contributed by atoms with Crippen molar-refractivity contribution in [3.63, 3.8) is 0 Å². The van der Waals surface area contributed by atoms with Crippen LogP contribution in [0.15, 0.2) is 66.7 Å². The number of anilines is 1. The summed E-state index contributed by atoms with van der Waals surface area (Å²) in [5.41, 5.74) is 5.25. The van der Waals surface area contributed by atoms with Crippen LogP contribution in [0.3, 0.4) is 0 Å². The molecule has 0 atom stereocenters. The Morgan fingerprint density at radius 3 is 2.33 bits per heavy atom. The molecule has 0 fully saturated rings. The lowest BCUT2D eigenvalue weighted by atomic mass is 9.98. The maximum absolute atomic E-state index is 12.4. The fraction of sp³-hybridized carbons (Fsp3) is 0.0870. The van der Waals surface area contributed by atoms with Gasteiger partial charge >= 0.3 is 12.1 Å². The highest BCUT2D eigenvalue weighted by Gasteiger charge is 2.29. The molecule has 0 spiro atoms. The molecular weight excluding hydrogens is 382 g/mol. The number of carboxylic acids is 1. The third-order valence-corrected chi connectivity index (χ3v) is 5.37. The minimum absolute atomic E-state index is 0.0304. The van der Waals surface area contributed by atoms with E-state index < -0.39 is 12.1 Å². The summed E-state index contributed by atoms with van der Waals surface area (Å²) < 4.78 is 5.53. The average Bonchev–Trinajstić information content (AvgIpc) is 3.31. The number of rotatable bonds is 4. The molecule has 1 heterocycles. The van der Waals surface area contributed by atoms with Gasteiger partial charge in [-0.3, -0.25) is 10.4 Å². The number of aromatic carboxylic acids is 1. The van der Waals surface area contributed by atoms with Crippen LogP contribution in [0.2, 0.25) is 0 Å². The van der Waals surface area contributed by atoms with E-state index in [0.717, 1.165) is 22.3 Å². The molecule has 0 saturated heterocycles. The molecule has 1 aliphatic carbocycles. The first kappa shape index (κ1) is 17.9. The van der Waals surface area contributed by atoms with E-state index in [2.05, 4.69) is 39.8 Å². The molecule has 0 radical (unpaired) electrons. The van der Waals surface area contributed by atoms with E-state index in [0.29, 0.717) is 16.7 Å². The summed E-state index contributed by atoms with van der Waals surface area (Å²) in [6.45, 7) is 0.200. The fourth-order valence-corrected chi connectivity index (χ4v) is 3.98. The van der Waals surface area contributed by atoms with Crippen molar-refractivity contribution in [3.8, 4) is 11.1 Å². The van der Waals surface area contributed by atoms with Gasteiger partial charge in [0.25, 0.3) is 0 Å². The van der Waals surface area contributed by atoms with Crippen molar-refractivity contribution < 1.29 is 19.4 Å². The van der Waals surface area contributed by atoms with E-state index in [1.165, 1.54) is 12.1 Å². The van der Waals surface area contributed by atoms with Gasteiger partial charge in [0.05, 0.1) is 11.1 Å². The molecule has 1 aromatic heterocycles. The number of ether oxygens (including phenoxy) is 1. The predicted molar refractivity (Wildman–Crippen MR) is 112 cm³/mol. The van der Waals surface area contributed by atoms with Gasteiger partial charge in [0.15, 0.2) is 5.82 Å². The monoisotopic (exact) mass is 399 g/mol. The second-order valence-electron chi connectivity index (χ2n) is 7.09. The lowest BCUT2D eigenvalue weighted by molar-refractivity contribution is 0.0697. The van der Waals surface area contributed by atoms with Gasteiger partial charge in [-0.2, -0.15) is 5.10 Å². The van der Waals surface area contributed by atoms with Crippen LogP contribution < -0.4 is 5.32 Å². The Bertz CT molecular complexity index is 1250. The third kappa shape index (κ3) is 2.97. The van der Waals surface area contributed by atoms with E-state index in [-0.39, 0.29) is 18.1 Å². The van der Waals surface area contributed by atoms with Crippen molar-refractivity contribution in [2.45, 2.75) is 5.92 Å². The number of fused-ring (bicyclic) bond motifs is 4. The number of hydrogen-bond donors (Lipinski definition) is 3. The van der Waals surface area contributed by atoms with Gasteiger partial charge in [-0.25, -0.2) is 9.59 Å². The maximum atomic E-state index is 12.4. The van der Waals surface area contributed by atoms with E-state index in [4.69, 9.17) is 9.84 Å². The fourth-order valence-electron chi connectivity index (χ4n) is 3.98. The molecule has 148 valence electrons. The highest BCUT2D eigenvalue weighted by molar-refractivity contribution is 6.00. The number of aromatic amines is 1. The van der Waals surface area contributed by atoms with Crippen LogP contribution in [0, 0.1) is 0 Å². The van der Waals surface area contributed by atoms with Gasteiger partial charge < -0.3 is 9.84 Å². The summed E-state index contributed by atoms with van der Waals surface area (Å²) in [5, 5.41) is 19.1. The van der Waals surface area contributed by atoms with Crippen molar-refractivity contribution in [1.82, 2.24) is 10.2 Å². The molecular formula is C23H17N3O4. The second-order valence-corrected chi connectivity index (χ2v) is 7.09. The zero-order valence-corrected chi connectivity index (χ0v) is 15.8. The van der Waals surface area contributed by atoms with Crippen molar-refractivity contribution in [3.05, 3.63) is 83.4 Å². The molecule has 1 aliphatic rings. The first-order chi connectivity index (χ1) is 14.6. The number of nitrogens with one attached hydrogen (secondary N) is 2. The predicted octanol–water partition coefficient (Wildman–Crippen LogP) is 4.62. The Labute approximate surface area is 171 Å². The summed E-state index contributed by atoms with van der Waals surface area (Å²) in [6, 6.07) is 20.8. The summed E-state index contributed by atoms with van der Waals surface area (Å²) in [6.07, 6.45) is -0.618. The van der Waals surface area contributed by atoms with Crippen molar-refractivity contribution in [2.24, 2.45) is 0 Å². The van der Waals surface area contributed by atoms with Gasteiger partial charge in [-0.1, -0.05) is 48.5 Å². The molecule has 0 aliphatic heterocycles. The Hall–Kier alpha value is -4.13. The minimum atomic E-state index is -1.03. The molecule has 3 N–H and O–H groups in total. The summed E-state index contributed by atoms with van der Waals surface area (Å²) in [5.74, 6) is -0.770. The van der Waals surface area contributed by atoms with E-state index >= 15 is 0 Å². The van der Waals surface area contributed by atoms with Crippen molar-refractivity contribution in [1.29, 1.82) is 0 Å². The van der Waals surface area contributed by atoms with Gasteiger partial charge in [-0.05, 0) is 40.5 Å². The molecule has 7 heteroatoms. The van der Waals surface area contributed by atoms with Crippen molar-refractivity contribution >= 4 is 28.8 Å². The zero-order valence-electron chi connectivity index (χ0n) is 15.8. The van der Waals surface area contributed by atoms with Crippen LogP contribution in [-0.4, -0.2) is 34.0 Å². The lowest BCUT2D eigenvalue weighted by Crippen LogP contribution is -2.18. The Morgan fingerprint density at radius 2 is 1.67 bits per heavy atom. The summed E-state index contributed by atoms with van der Waals surface area (Å²) in [7, 11) is 0. The quantitative estimate of drug-likeness (QED) is 0.464. The summed E-state index contributed by atoms with van der Waals surface area (Å²) >= 11 is 0. The first-order valence-corrected chi connectivity index (χ1v) is 9.45. The highest BCUT2D eigenvalue weighted by Crippen LogP contribution is 2.44. The number of benzene rings is 3. The van der Waals surface area contributed by atoms with Crippen LogP contribution >= 0.6 is 0 Å². The number of amides is 1. The van der Waals surface area contributed by atoms with Crippen LogP contribution in [0.25, 0.3) is 22.0 Å². The van der Waals surface area contributed by atoms with Crippen LogP contribution in [0.1, 0.15) is 27.4 Å². The smallest absolute Gasteiger partial charge is 0.412 e. The number of hydrogen-bond acceptors (Lipinski definition) is 4. The molecule has 30 heavy (non-hydrogen) atoms.